The van der Waals surface area contributed by atoms with E-state index in [1.807, 2.05) is 31.2 Å². The van der Waals surface area contributed by atoms with E-state index >= 15 is 0 Å². The summed E-state index contributed by atoms with van der Waals surface area (Å²) in [5.41, 5.74) is 2.34. The molecule has 0 saturated carbocycles. The van der Waals surface area contributed by atoms with Crippen LogP contribution in [0, 0.1) is 5.82 Å². The topological polar surface area (TPSA) is 62.0 Å². The number of hydrogen-bond donors (Lipinski definition) is 3. The lowest BCUT2D eigenvalue weighted by molar-refractivity contribution is 0.333. The Kier molecular flexibility index (Phi) is 5.45. The van der Waals surface area contributed by atoms with E-state index in [0.29, 0.717) is 41.9 Å². The molecule has 0 saturated heterocycles. The summed E-state index contributed by atoms with van der Waals surface area (Å²) in [5.74, 6) is 0.865. The van der Waals surface area contributed by atoms with Gasteiger partial charge < -0.3 is 20.4 Å². The number of aromatic nitrogens is 2. The molecule has 0 fully saturated rings. The molecule has 0 bridgehead atoms. The van der Waals surface area contributed by atoms with Gasteiger partial charge in [-0.25, -0.2) is 9.37 Å². The van der Waals surface area contributed by atoms with E-state index in [-0.39, 0.29) is 5.82 Å². The molecule has 0 aliphatic rings. The number of aromatic amines is 1. The second-order valence-electron chi connectivity index (χ2n) is 5.38. The highest BCUT2D eigenvalue weighted by Gasteiger charge is 2.10. The van der Waals surface area contributed by atoms with Crippen molar-refractivity contribution in [3.05, 3.63) is 53.8 Å². The average Bonchev–Trinajstić information content (AvgIpc) is 2.99. The summed E-state index contributed by atoms with van der Waals surface area (Å²) in [6, 6.07) is 12.6. The number of nitrogens with one attached hydrogen (secondary N) is 3. The van der Waals surface area contributed by atoms with Crippen molar-refractivity contribution in [2.75, 3.05) is 18.5 Å². The number of benzene rings is 2. The van der Waals surface area contributed by atoms with Crippen molar-refractivity contribution >= 4 is 34.3 Å². The van der Waals surface area contributed by atoms with Crippen molar-refractivity contribution < 1.29 is 9.13 Å². The Hall–Kier alpha value is -2.67. The van der Waals surface area contributed by atoms with Gasteiger partial charge in [0.2, 0.25) is 5.95 Å². The number of hydrogen-bond acceptors (Lipinski definition) is 3. The molecule has 1 aromatic heterocycles. The van der Waals surface area contributed by atoms with Crippen LogP contribution in [0.15, 0.2) is 42.5 Å². The molecule has 0 radical (unpaired) electrons. The number of ether oxygens (including phenoxy) is 1. The summed E-state index contributed by atoms with van der Waals surface area (Å²) in [6.07, 6.45) is 0.462. The van der Waals surface area contributed by atoms with Gasteiger partial charge >= 0.3 is 0 Å². The first-order valence-electron chi connectivity index (χ1n) is 8.07. The number of H-pyrrole nitrogens is 1. The SMILES string of the molecule is CCOc1cccc(F)c1CCNC(=S)Nc1nc2ccccc2[nH]1. The smallest absolute Gasteiger partial charge is 0.207 e. The number of fused-ring (bicyclic) bond motifs is 1. The normalized spacial score (nSPS) is 10.6. The fourth-order valence-electron chi connectivity index (χ4n) is 2.54. The van der Waals surface area contributed by atoms with Gasteiger partial charge in [0, 0.05) is 12.1 Å². The van der Waals surface area contributed by atoms with Crippen molar-refractivity contribution in [3.63, 3.8) is 0 Å². The molecular formula is C18H19FN4OS. The average molecular weight is 358 g/mol. The summed E-state index contributed by atoms with van der Waals surface area (Å²) in [5, 5.41) is 6.48. The summed E-state index contributed by atoms with van der Waals surface area (Å²) in [6.45, 7) is 2.85. The summed E-state index contributed by atoms with van der Waals surface area (Å²) in [7, 11) is 0. The maximum Gasteiger partial charge on any atom is 0.207 e. The molecule has 0 aliphatic carbocycles. The molecule has 0 atom stereocenters. The third-order valence-corrected chi connectivity index (χ3v) is 3.90. The molecule has 3 N–H and O–H groups in total. The molecule has 3 rings (SSSR count). The van der Waals surface area contributed by atoms with Gasteiger partial charge in [-0.2, -0.15) is 0 Å². The highest BCUT2D eigenvalue weighted by molar-refractivity contribution is 7.80. The van der Waals surface area contributed by atoms with Crippen LogP contribution in [0.5, 0.6) is 5.75 Å². The van der Waals surface area contributed by atoms with E-state index in [2.05, 4.69) is 20.6 Å². The fraction of sp³-hybridized carbons (Fsp3) is 0.222. The lowest BCUT2D eigenvalue weighted by Gasteiger charge is -2.12. The van der Waals surface area contributed by atoms with Gasteiger partial charge in [-0.15, -0.1) is 0 Å². The first-order valence-corrected chi connectivity index (χ1v) is 8.48. The third kappa shape index (κ3) is 4.24. The molecule has 25 heavy (non-hydrogen) atoms. The van der Waals surface area contributed by atoms with E-state index in [1.54, 1.807) is 12.1 Å². The van der Waals surface area contributed by atoms with Gasteiger partial charge in [0.05, 0.1) is 17.6 Å². The maximum atomic E-state index is 14.0. The second kappa shape index (κ2) is 7.94. The number of rotatable bonds is 6. The van der Waals surface area contributed by atoms with Gasteiger partial charge in [-0.05, 0) is 49.8 Å². The van der Waals surface area contributed by atoms with E-state index in [1.165, 1.54) is 6.07 Å². The Morgan fingerprint density at radius 2 is 2.08 bits per heavy atom. The first-order chi connectivity index (χ1) is 12.2. The van der Waals surface area contributed by atoms with Crippen LogP contribution in [-0.2, 0) is 6.42 Å². The first kappa shape index (κ1) is 17.2. The quantitative estimate of drug-likeness (QED) is 0.588. The molecule has 2 aromatic carbocycles. The summed E-state index contributed by atoms with van der Waals surface area (Å²) in [4.78, 5) is 7.54. The lowest BCUT2D eigenvalue weighted by atomic mass is 10.1. The monoisotopic (exact) mass is 358 g/mol. The molecule has 0 aliphatic heterocycles. The largest absolute Gasteiger partial charge is 0.493 e. The molecule has 130 valence electrons. The zero-order valence-corrected chi connectivity index (χ0v) is 14.6. The predicted molar refractivity (Wildman–Crippen MR) is 102 cm³/mol. The van der Waals surface area contributed by atoms with Crippen molar-refractivity contribution in [1.82, 2.24) is 15.3 Å². The zero-order valence-electron chi connectivity index (χ0n) is 13.8. The van der Waals surface area contributed by atoms with Crippen LogP contribution < -0.4 is 15.4 Å². The molecule has 0 unspecified atom stereocenters. The molecule has 0 amide bonds. The van der Waals surface area contributed by atoms with Gasteiger partial charge in [0.25, 0.3) is 0 Å². The van der Waals surface area contributed by atoms with Crippen LogP contribution >= 0.6 is 12.2 Å². The minimum absolute atomic E-state index is 0.274. The number of imidazole rings is 1. The highest BCUT2D eigenvalue weighted by Crippen LogP contribution is 2.21. The number of halogens is 1. The Labute approximate surface area is 150 Å². The lowest BCUT2D eigenvalue weighted by Crippen LogP contribution is -2.30. The molecular weight excluding hydrogens is 339 g/mol. The van der Waals surface area contributed by atoms with Gasteiger partial charge in [-0.1, -0.05) is 18.2 Å². The number of nitrogens with zero attached hydrogens (tertiary/aromatic N) is 1. The van der Waals surface area contributed by atoms with Crippen LogP contribution in [0.4, 0.5) is 10.3 Å². The van der Waals surface area contributed by atoms with Crippen molar-refractivity contribution in [3.8, 4) is 5.75 Å². The molecule has 0 spiro atoms. The fourth-order valence-corrected chi connectivity index (χ4v) is 2.74. The number of thiocarbonyl (C=S) groups is 1. The molecule has 7 heteroatoms. The number of anilines is 1. The number of para-hydroxylation sites is 2. The van der Waals surface area contributed by atoms with Gasteiger partial charge in [0.15, 0.2) is 5.11 Å². The summed E-state index contributed by atoms with van der Waals surface area (Å²) < 4.78 is 19.5. The Balaban J connectivity index is 1.56. The third-order valence-electron chi connectivity index (χ3n) is 3.66. The molecule has 3 aromatic rings. The van der Waals surface area contributed by atoms with E-state index in [0.717, 1.165) is 11.0 Å². The Morgan fingerprint density at radius 3 is 2.88 bits per heavy atom. The van der Waals surface area contributed by atoms with E-state index < -0.39 is 0 Å². The Morgan fingerprint density at radius 1 is 1.24 bits per heavy atom. The van der Waals surface area contributed by atoms with Crippen LogP contribution in [-0.4, -0.2) is 28.2 Å². The minimum atomic E-state index is -0.274. The zero-order chi connectivity index (χ0) is 17.6. The predicted octanol–water partition coefficient (Wildman–Crippen LogP) is 3.63. The Bertz CT molecular complexity index is 847. The van der Waals surface area contributed by atoms with E-state index in [9.17, 15) is 4.39 Å². The van der Waals surface area contributed by atoms with Crippen LogP contribution in [0.2, 0.25) is 0 Å². The minimum Gasteiger partial charge on any atom is -0.493 e. The molecule has 1 heterocycles. The molecule has 5 nitrogen and oxygen atoms in total. The maximum absolute atomic E-state index is 14.0. The highest BCUT2D eigenvalue weighted by atomic mass is 32.1. The van der Waals surface area contributed by atoms with Crippen molar-refractivity contribution in [1.29, 1.82) is 0 Å². The summed E-state index contributed by atoms with van der Waals surface area (Å²) >= 11 is 5.27. The second-order valence-corrected chi connectivity index (χ2v) is 5.79. The van der Waals surface area contributed by atoms with Crippen LogP contribution in [0.1, 0.15) is 12.5 Å². The van der Waals surface area contributed by atoms with Crippen LogP contribution in [0.25, 0.3) is 11.0 Å². The van der Waals surface area contributed by atoms with E-state index in [4.69, 9.17) is 17.0 Å². The standard InChI is InChI=1S/C18H19FN4OS/c1-2-24-16-9-5-6-13(19)12(16)10-11-20-18(25)23-17-21-14-7-3-4-8-15(14)22-17/h3-9H,2,10-11H2,1H3,(H3,20,21,22,23,25). The van der Waals surface area contributed by atoms with Gasteiger partial charge in [0.1, 0.15) is 11.6 Å². The van der Waals surface area contributed by atoms with Crippen molar-refractivity contribution in [2.45, 2.75) is 13.3 Å². The van der Waals surface area contributed by atoms with Crippen molar-refractivity contribution in [2.24, 2.45) is 0 Å². The van der Waals surface area contributed by atoms with Gasteiger partial charge in [-0.3, -0.25) is 0 Å². The van der Waals surface area contributed by atoms with Crippen LogP contribution in [0.3, 0.4) is 0 Å².